The molecule has 4 rings (SSSR count). The number of rotatable bonds is 5. The third-order valence-corrected chi connectivity index (χ3v) is 6.65. The molecule has 3 aromatic rings. The van der Waals surface area contributed by atoms with Gasteiger partial charge >= 0.3 is 0 Å². The molecule has 2 aromatic carbocycles. The zero-order valence-electron chi connectivity index (χ0n) is 16.1. The molecule has 0 bridgehead atoms. The predicted molar refractivity (Wildman–Crippen MR) is 112 cm³/mol. The van der Waals surface area contributed by atoms with E-state index in [1.165, 1.54) is 12.3 Å². The lowest BCUT2D eigenvalue weighted by atomic mass is 9.96. The number of hydrogen-bond acceptors (Lipinski definition) is 6. The molecule has 2 heterocycles. The number of halogens is 1. The standard InChI is InChI=1S/C21H22ClN3O3S/c1-29(26,27)19-13-18(22)8-7-17(19)14-25-11-9-16(10-12-25)21-23-20(24-28-21)15-5-3-2-4-6-15/h2-8,13,16H,9-12,14H2,1H3. The van der Waals surface area contributed by atoms with Gasteiger partial charge in [-0.2, -0.15) is 4.98 Å². The SMILES string of the molecule is CS(=O)(=O)c1cc(Cl)ccc1CN1CCC(c2nc(-c3ccccc3)no2)CC1. The van der Waals surface area contributed by atoms with E-state index in [9.17, 15) is 8.42 Å². The Kier molecular flexibility index (Phi) is 5.72. The van der Waals surface area contributed by atoms with Crippen molar-refractivity contribution in [3.63, 3.8) is 0 Å². The molecule has 0 radical (unpaired) electrons. The zero-order chi connectivity index (χ0) is 20.4. The van der Waals surface area contributed by atoms with Crippen LogP contribution >= 0.6 is 11.6 Å². The second kappa shape index (κ2) is 8.26. The first kappa shape index (κ1) is 20.1. The molecule has 0 aliphatic carbocycles. The zero-order valence-corrected chi connectivity index (χ0v) is 17.7. The summed E-state index contributed by atoms with van der Waals surface area (Å²) in [6, 6.07) is 14.8. The van der Waals surface area contributed by atoms with Crippen LogP contribution < -0.4 is 0 Å². The average Bonchev–Trinajstić information content (AvgIpc) is 3.20. The van der Waals surface area contributed by atoms with Gasteiger partial charge < -0.3 is 4.52 Å². The number of aromatic nitrogens is 2. The van der Waals surface area contributed by atoms with Gasteiger partial charge in [0.05, 0.1) is 4.90 Å². The van der Waals surface area contributed by atoms with Crippen LogP contribution in [0.3, 0.4) is 0 Å². The molecule has 0 saturated carbocycles. The first-order chi connectivity index (χ1) is 13.9. The van der Waals surface area contributed by atoms with Crippen molar-refractivity contribution in [1.82, 2.24) is 15.0 Å². The topological polar surface area (TPSA) is 76.3 Å². The molecule has 8 heteroatoms. The van der Waals surface area contributed by atoms with E-state index in [2.05, 4.69) is 15.0 Å². The van der Waals surface area contributed by atoms with Gasteiger partial charge in [0.15, 0.2) is 9.84 Å². The highest BCUT2D eigenvalue weighted by Crippen LogP contribution is 2.30. The number of sulfone groups is 1. The minimum Gasteiger partial charge on any atom is -0.339 e. The molecule has 1 saturated heterocycles. The van der Waals surface area contributed by atoms with E-state index in [1.807, 2.05) is 30.3 Å². The molecule has 0 N–H and O–H groups in total. The fraction of sp³-hybridized carbons (Fsp3) is 0.333. The van der Waals surface area contributed by atoms with Crippen LogP contribution in [0.4, 0.5) is 0 Å². The van der Waals surface area contributed by atoms with Crippen molar-refractivity contribution in [1.29, 1.82) is 0 Å². The molecular weight excluding hydrogens is 410 g/mol. The van der Waals surface area contributed by atoms with Crippen molar-refractivity contribution >= 4 is 21.4 Å². The van der Waals surface area contributed by atoms with Crippen molar-refractivity contribution in [2.24, 2.45) is 0 Å². The Morgan fingerprint density at radius 1 is 1.14 bits per heavy atom. The summed E-state index contributed by atoms with van der Waals surface area (Å²) < 4.78 is 29.7. The number of nitrogens with zero attached hydrogens (tertiary/aromatic N) is 3. The van der Waals surface area contributed by atoms with Crippen molar-refractivity contribution in [3.8, 4) is 11.4 Å². The van der Waals surface area contributed by atoms with Crippen LogP contribution in [0.15, 0.2) is 57.9 Å². The maximum Gasteiger partial charge on any atom is 0.230 e. The van der Waals surface area contributed by atoms with Gasteiger partial charge in [-0.1, -0.05) is 53.2 Å². The molecule has 152 valence electrons. The molecule has 6 nitrogen and oxygen atoms in total. The average molecular weight is 432 g/mol. The Morgan fingerprint density at radius 2 is 1.86 bits per heavy atom. The number of piperidine rings is 1. The molecule has 0 amide bonds. The normalized spacial score (nSPS) is 16.2. The minimum atomic E-state index is -3.33. The Balaban J connectivity index is 1.42. The lowest BCUT2D eigenvalue weighted by Gasteiger charge is -2.30. The maximum atomic E-state index is 12.1. The van der Waals surface area contributed by atoms with E-state index < -0.39 is 9.84 Å². The van der Waals surface area contributed by atoms with Gasteiger partial charge in [-0.25, -0.2) is 8.42 Å². The Bertz CT molecular complexity index is 1090. The summed E-state index contributed by atoms with van der Waals surface area (Å²) >= 11 is 6.00. The summed E-state index contributed by atoms with van der Waals surface area (Å²) in [6.45, 7) is 2.24. The molecule has 0 unspecified atom stereocenters. The molecule has 0 atom stereocenters. The van der Waals surface area contributed by atoms with Gasteiger partial charge in [0, 0.05) is 29.3 Å². The highest BCUT2D eigenvalue weighted by atomic mass is 35.5. The third-order valence-electron chi connectivity index (χ3n) is 5.23. The van der Waals surface area contributed by atoms with Gasteiger partial charge in [-0.05, 0) is 43.6 Å². The summed E-state index contributed by atoms with van der Waals surface area (Å²) in [5.74, 6) is 1.50. The van der Waals surface area contributed by atoms with Gasteiger partial charge in [0.25, 0.3) is 0 Å². The van der Waals surface area contributed by atoms with Crippen LogP contribution in [0, 0.1) is 0 Å². The predicted octanol–water partition coefficient (Wildman–Crippen LogP) is 4.17. The van der Waals surface area contributed by atoms with Gasteiger partial charge in [0.2, 0.25) is 11.7 Å². The van der Waals surface area contributed by atoms with Gasteiger partial charge in [0.1, 0.15) is 0 Å². The molecule has 1 aliphatic rings. The molecule has 1 fully saturated rings. The Hall–Kier alpha value is -2.22. The summed E-state index contributed by atoms with van der Waals surface area (Å²) in [5.41, 5.74) is 1.72. The van der Waals surface area contributed by atoms with Crippen LogP contribution in [0.2, 0.25) is 5.02 Å². The second-order valence-electron chi connectivity index (χ2n) is 7.40. The van der Waals surface area contributed by atoms with Crippen LogP contribution in [0.25, 0.3) is 11.4 Å². The van der Waals surface area contributed by atoms with E-state index in [0.717, 1.165) is 37.1 Å². The molecule has 1 aromatic heterocycles. The van der Waals surface area contributed by atoms with E-state index >= 15 is 0 Å². The third kappa shape index (κ3) is 4.69. The first-order valence-corrected chi connectivity index (χ1v) is 11.8. The fourth-order valence-electron chi connectivity index (χ4n) is 3.69. The number of benzene rings is 2. The van der Waals surface area contributed by atoms with Crippen molar-refractivity contribution in [3.05, 3.63) is 65.0 Å². The lowest BCUT2D eigenvalue weighted by molar-refractivity contribution is 0.186. The largest absolute Gasteiger partial charge is 0.339 e. The van der Waals surface area contributed by atoms with Crippen LogP contribution in [0.1, 0.15) is 30.2 Å². The summed E-state index contributed by atoms with van der Waals surface area (Å²) in [4.78, 5) is 7.13. The maximum absolute atomic E-state index is 12.1. The smallest absolute Gasteiger partial charge is 0.230 e. The molecule has 29 heavy (non-hydrogen) atoms. The fourth-order valence-corrected chi connectivity index (χ4v) is 4.88. The number of hydrogen-bond donors (Lipinski definition) is 0. The van der Waals surface area contributed by atoms with Crippen LogP contribution in [-0.4, -0.2) is 42.8 Å². The van der Waals surface area contributed by atoms with E-state index in [4.69, 9.17) is 16.1 Å². The van der Waals surface area contributed by atoms with E-state index in [1.54, 1.807) is 12.1 Å². The highest BCUT2D eigenvalue weighted by molar-refractivity contribution is 7.90. The Morgan fingerprint density at radius 3 is 2.55 bits per heavy atom. The minimum absolute atomic E-state index is 0.218. The monoisotopic (exact) mass is 431 g/mol. The molecule has 1 aliphatic heterocycles. The van der Waals surface area contributed by atoms with Gasteiger partial charge in [-0.15, -0.1) is 0 Å². The lowest BCUT2D eigenvalue weighted by Crippen LogP contribution is -2.33. The second-order valence-corrected chi connectivity index (χ2v) is 9.82. The van der Waals surface area contributed by atoms with E-state index in [0.29, 0.717) is 28.2 Å². The number of likely N-dealkylation sites (tertiary alicyclic amines) is 1. The van der Waals surface area contributed by atoms with Crippen LogP contribution in [-0.2, 0) is 16.4 Å². The van der Waals surface area contributed by atoms with Gasteiger partial charge in [-0.3, -0.25) is 4.90 Å². The Labute approximate surface area is 175 Å². The van der Waals surface area contributed by atoms with Crippen LogP contribution in [0.5, 0.6) is 0 Å². The van der Waals surface area contributed by atoms with Crippen molar-refractivity contribution < 1.29 is 12.9 Å². The highest BCUT2D eigenvalue weighted by Gasteiger charge is 2.26. The quantitative estimate of drug-likeness (QED) is 0.603. The summed E-state index contributed by atoms with van der Waals surface area (Å²) in [6.07, 6.45) is 2.99. The molecule has 0 spiro atoms. The van der Waals surface area contributed by atoms with Crippen molar-refractivity contribution in [2.45, 2.75) is 30.2 Å². The van der Waals surface area contributed by atoms with E-state index in [-0.39, 0.29) is 5.92 Å². The molecular formula is C21H22ClN3O3S. The summed E-state index contributed by atoms with van der Waals surface area (Å²) in [7, 11) is -3.33. The summed E-state index contributed by atoms with van der Waals surface area (Å²) in [5, 5.41) is 4.55. The first-order valence-electron chi connectivity index (χ1n) is 9.50. The van der Waals surface area contributed by atoms with Crippen molar-refractivity contribution in [2.75, 3.05) is 19.3 Å².